The zero-order valence-corrected chi connectivity index (χ0v) is 13.1. The number of carboxylic acids is 1. The number of halogens is 1. The number of hydrogen-bond donors (Lipinski definition) is 1. The van der Waals surface area contributed by atoms with E-state index in [2.05, 4.69) is 33.9 Å². The molecule has 0 fully saturated rings. The Kier molecular flexibility index (Phi) is 4.13. The Bertz CT molecular complexity index is 464. The van der Waals surface area contributed by atoms with Crippen molar-refractivity contribution in [1.82, 2.24) is 0 Å². The summed E-state index contributed by atoms with van der Waals surface area (Å²) in [6.07, 6.45) is 0. The first kappa shape index (κ1) is 15.1. The molecule has 0 saturated carbocycles. The first-order chi connectivity index (χ1) is 8.04. The van der Waals surface area contributed by atoms with Gasteiger partial charge in [0.1, 0.15) is 5.75 Å². The van der Waals surface area contributed by atoms with Crippen LogP contribution in [0.1, 0.15) is 31.1 Å². The number of rotatable bonds is 3. The zero-order chi connectivity index (χ0) is 14.1. The summed E-state index contributed by atoms with van der Waals surface area (Å²) in [5.74, 6) is -0.468. The number of hydrogen-bond acceptors (Lipinski definition) is 2. The lowest BCUT2D eigenvalue weighted by Crippen LogP contribution is -2.43. The molecule has 3 nitrogen and oxygen atoms in total. The van der Waals surface area contributed by atoms with Crippen molar-refractivity contribution >= 4 is 25.9 Å². The van der Waals surface area contributed by atoms with Gasteiger partial charge in [-0.05, 0) is 36.3 Å². The van der Waals surface area contributed by atoms with Crippen LogP contribution in [0.5, 0.6) is 5.75 Å². The van der Waals surface area contributed by atoms with E-state index in [1.807, 2.05) is 0 Å². The van der Waals surface area contributed by atoms with Gasteiger partial charge in [-0.15, -0.1) is 0 Å². The smallest absolute Gasteiger partial charge is 0.337 e. The molecule has 0 unspecified atom stereocenters. The fourth-order valence-electron chi connectivity index (χ4n) is 1.18. The molecule has 0 amide bonds. The molecule has 0 bridgehead atoms. The van der Waals surface area contributed by atoms with Crippen LogP contribution in [0, 0.1) is 0 Å². The molecular weight excluding hydrogens is 268 g/mol. The highest BCUT2D eigenvalue weighted by Crippen LogP contribution is 2.37. The molecular formula is C13H19ClO3Si. The second kappa shape index (κ2) is 4.94. The maximum Gasteiger partial charge on any atom is 0.337 e. The Morgan fingerprint density at radius 3 is 2.33 bits per heavy atom. The van der Waals surface area contributed by atoms with Gasteiger partial charge in [0, 0.05) is 0 Å². The Morgan fingerprint density at radius 1 is 1.33 bits per heavy atom. The summed E-state index contributed by atoms with van der Waals surface area (Å²) >= 11 is 5.83. The maximum atomic E-state index is 11.0. The quantitative estimate of drug-likeness (QED) is 0.837. The Balaban J connectivity index is 3.07. The van der Waals surface area contributed by atoms with Gasteiger partial charge in [0.25, 0.3) is 0 Å². The zero-order valence-electron chi connectivity index (χ0n) is 11.4. The normalized spacial score (nSPS) is 12.3. The topological polar surface area (TPSA) is 46.5 Å². The molecule has 0 spiro atoms. The van der Waals surface area contributed by atoms with E-state index in [-0.39, 0.29) is 15.6 Å². The molecule has 0 heterocycles. The predicted molar refractivity (Wildman–Crippen MR) is 76.2 cm³/mol. The molecule has 1 rings (SSSR count). The molecule has 0 atom stereocenters. The third kappa shape index (κ3) is 3.27. The van der Waals surface area contributed by atoms with Crippen LogP contribution < -0.4 is 4.43 Å². The van der Waals surface area contributed by atoms with Crippen molar-refractivity contribution in [3.05, 3.63) is 28.8 Å². The summed E-state index contributed by atoms with van der Waals surface area (Å²) in [6.45, 7) is 10.6. The van der Waals surface area contributed by atoms with Gasteiger partial charge in [0.2, 0.25) is 8.32 Å². The van der Waals surface area contributed by atoms with Gasteiger partial charge in [-0.1, -0.05) is 32.4 Å². The molecule has 100 valence electrons. The van der Waals surface area contributed by atoms with Gasteiger partial charge in [-0.2, -0.15) is 0 Å². The number of carbonyl (C=O) groups is 1. The highest BCUT2D eigenvalue weighted by molar-refractivity contribution is 6.74. The van der Waals surface area contributed by atoms with Gasteiger partial charge in [0.15, 0.2) is 0 Å². The molecule has 0 radical (unpaired) electrons. The monoisotopic (exact) mass is 286 g/mol. The van der Waals surface area contributed by atoms with Crippen LogP contribution in [0.3, 0.4) is 0 Å². The van der Waals surface area contributed by atoms with Gasteiger partial charge >= 0.3 is 5.97 Å². The van der Waals surface area contributed by atoms with Crippen molar-refractivity contribution < 1.29 is 14.3 Å². The first-order valence-electron chi connectivity index (χ1n) is 5.76. The molecule has 0 saturated heterocycles. The van der Waals surface area contributed by atoms with Crippen molar-refractivity contribution in [2.45, 2.75) is 38.9 Å². The maximum absolute atomic E-state index is 11.0. The molecule has 18 heavy (non-hydrogen) atoms. The third-order valence-corrected chi connectivity index (χ3v) is 8.04. The molecule has 0 aliphatic carbocycles. The largest absolute Gasteiger partial charge is 0.543 e. The van der Waals surface area contributed by atoms with Crippen molar-refractivity contribution in [3.8, 4) is 5.75 Å². The van der Waals surface area contributed by atoms with Crippen LogP contribution >= 0.6 is 11.6 Å². The summed E-state index contributed by atoms with van der Waals surface area (Å²) in [5.41, 5.74) is 0.0767. The summed E-state index contributed by atoms with van der Waals surface area (Å²) < 4.78 is 6.03. The van der Waals surface area contributed by atoms with E-state index in [4.69, 9.17) is 21.1 Å². The fourth-order valence-corrected chi connectivity index (χ4v) is 2.40. The van der Waals surface area contributed by atoms with Crippen LogP contribution in [0.15, 0.2) is 18.2 Å². The minimum absolute atomic E-state index is 0.0655. The number of aromatic carboxylic acids is 1. The Labute approximate surface area is 114 Å². The first-order valence-corrected chi connectivity index (χ1v) is 9.05. The van der Waals surface area contributed by atoms with E-state index in [9.17, 15) is 4.79 Å². The van der Waals surface area contributed by atoms with Crippen LogP contribution in [-0.2, 0) is 0 Å². The van der Waals surface area contributed by atoms with Gasteiger partial charge < -0.3 is 9.53 Å². The van der Waals surface area contributed by atoms with Crippen LogP contribution in [0.2, 0.25) is 23.2 Å². The minimum atomic E-state index is -1.96. The van der Waals surface area contributed by atoms with E-state index >= 15 is 0 Å². The summed E-state index contributed by atoms with van der Waals surface area (Å²) in [6, 6.07) is 4.77. The lowest BCUT2D eigenvalue weighted by atomic mass is 10.2. The summed E-state index contributed by atoms with van der Waals surface area (Å²) in [7, 11) is -1.96. The second-order valence-corrected chi connectivity index (χ2v) is 10.9. The van der Waals surface area contributed by atoms with E-state index in [0.29, 0.717) is 5.75 Å². The van der Waals surface area contributed by atoms with Crippen molar-refractivity contribution in [3.63, 3.8) is 0 Å². The number of benzene rings is 1. The molecule has 0 aliphatic rings. The van der Waals surface area contributed by atoms with Crippen molar-refractivity contribution in [1.29, 1.82) is 0 Å². The molecule has 1 N–H and O–H groups in total. The molecule has 1 aromatic carbocycles. The second-order valence-electron chi connectivity index (χ2n) is 5.81. The highest BCUT2D eigenvalue weighted by Gasteiger charge is 2.39. The molecule has 1 aromatic rings. The average Bonchev–Trinajstić information content (AvgIpc) is 2.18. The predicted octanol–water partition coefficient (Wildman–Crippen LogP) is 4.42. The van der Waals surface area contributed by atoms with Crippen molar-refractivity contribution in [2.24, 2.45) is 0 Å². The van der Waals surface area contributed by atoms with Crippen LogP contribution in [0.25, 0.3) is 0 Å². The van der Waals surface area contributed by atoms with E-state index in [1.165, 1.54) is 6.07 Å². The standard InChI is InChI=1S/C13H19ClO3Si/c1-13(2,3)18(4,5)17-9-6-7-11(14)10(8-9)12(15)16/h6-8H,1-5H3,(H,15,16). The van der Waals surface area contributed by atoms with Gasteiger partial charge in [0.05, 0.1) is 10.6 Å². The minimum Gasteiger partial charge on any atom is -0.543 e. The molecule has 0 aromatic heterocycles. The summed E-state index contributed by atoms with van der Waals surface area (Å²) in [5, 5.41) is 9.31. The van der Waals surface area contributed by atoms with Crippen molar-refractivity contribution in [2.75, 3.05) is 0 Å². The van der Waals surface area contributed by atoms with Crippen LogP contribution in [0.4, 0.5) is 0 Å². The SMILES string of the molecule is CC(C)(C)[Si](C)(C)Oc1ccc(Cl)c(C(=O)O)c1. The van der Waals surface area contributed by atoms with Gasteiger partial charge in [-0.25, -0.2) is 4.79 Å². The third-order valence-electron chi connectivity index (χ3n) is 3.35. The lowest BCUT2D eigenvalue weighted by molar-refractivity contribution is 0.0696. The molecule has 5 heteroatoms. The summed E-state index contributed by atoms with van der Waals surface area (Å²) in [4.78, 5) is 11.0. The van der Waals surface area contributed by atoms with E-state index in [1.54, 1.807) is 12.1 Å². The molecule has 0 aliphatic heterocycles. The Hall–Kier alpha value is -1.00. The highest BCUT2D eigenvalue weighted by atomic mass is 35.5. The van der Waals surface area contributed by atoms with Gasteiger partial charge in [-0.3, -0.25) is 0 Å². The average molecular weight is 287 g/mol. The van der Waals surface area contributed by atoms with Crippen LogP contribution in [-0.4, -0.2) is 19.4 Å². The van der Waals surface area contributed by atoms with E-state index in [0.717, 1.165) is 0 Å². The number of carboxylic acid groups (broad SMARTS) is 1. The Morgan fingerprint density at radius 2 is 1.89 bits per heavy atom. The fraction of sp³-hybridized carbons (Fsp3) is 0.462. The van der Waals surface area contributed by atoms with E-state index < -0.39 is 14.3 Å². The lowest BCUT2D eigenvalue weighted by Gasteiger charge is -2.36.